The summed E-state index contributed by atoms with van der Waals surface area (Å²) in [4.78, 5) is 48.8. The smallest absolute Gasteiger partial charge is 0.242 e. The normalized spacial score (nSPS) is 27.7. The highest BCUT2D eigenvalue weighted by atomic mass is 32.2. The van der Waals surface area contributed by atoms with Crippen molar-refractivity contribution in [3.05, 3.63) is 0 Å². The number of carbonyl (C=O) groups is 4. The highest BCUT2D eigenvalue weighted by molar-refractivity contribution is 8.16. The number of fused-ring (bicyclic) bond motifs is 7. The number of rotatable bonds is 0. The number of ketones is 1. The van der Waals surface area contributed by atoms with Crippen LogP contribution in [0.3, 0.4) is 0 Å². The van der Waals surface area contributed by atoms with E-state index in [9.17, 15) is 19.2 Å². The SMILES string of the molecule is O=C1C=S2CCCCSCCC(NC(=O)CNC(=O)C2)C(=O)NCCC1. The van der Waals surface area contributed by atoms with Gasteiger partial charge in [-0.15, -0.1) is 0 Å². The first-order valence-electron chi connectivity index (χ1n) is 9.00. The van der Waals surface area contributed by atoms with Crippen LogP contribution in [0.25, 0.3) is 0 Å². The van der Waals surface area contributed by atoms with Crippen molar-refractivity contribution < 1.29 is 19.2 Å². The van der Waals surface area contributed by atoms with Crippen LogP contribution in [0.4, 0.5) is 0 Å². The zero-order valence-corrected chi connectivity index (χ0v) is 16.5. The van der Waals surface area contributed by atoms with Gasteiger partial charge in [-0.3, -0.25) is 19.2 Å². The fourth-order valence-electron chi connectivity index (χ4n) is 2.72. The molecular formula is C17H27N3O4S2. The Morgan fingerprint density at radius 2 is 1.85 bits per heavy atom. The standard InChI is InChI=1S/C17H27N3O4S2/c21-13-4-3-6-18-17(24)14-5-8-25-7-1-2-9-26(11-13)12-16(23)19-10-15(22)20-14/h11,14H,1-10,12H2,(H,18,24)(H,19,23)(H,20,22). The maximum Gasteiger partial charge on any atom is 0.242 e. The summed E-state index contributed by atoms with van der Waals surface area (Å²) >= 11 is 1.77. The quantitative estimate of drug-likeness (QED) is 0.498. The summed E-state index contributed by atoms with van der Waals surface area (Å²) in [5.74, 6) is 2.03. The zero-order chi connectivity index (χ0) is 18.8. The van der Waals surface area contributed by atoms with E-state index in [2.05, 4.69) is 16.0 Å². The fourth-order valence-corrected chi connectivity index (χ4v) is 5.59. The molecule has 0 aromatic carbocycles. The van der Waals surface area contributed by atoms with E-state index < -0.39 is 16.5 Å². The number of carbonyl (C=O) groups excluding carboxylic acids is 4. The summed E-state index contributed by atoms with van der Waals surface area (Å²) in [6.07, 6.45) is 3.45. The van der Waals surface area contributed by atoms with Crippen LogP contribution in [-0.2, 0) is 19.2 Å². The number of hydrogen-bond donors (Lipinski definition) is 3. The molecule has 9 heteroatoms. The average Bonchev–Trinajstić information content (AvgIpc) is 2.60. The van der Waals surface area contributed by atoms with E-state index >= 15 is 0 Å². The number of nitrogens with one attached hydrogen (secondary N) is 3. The molecule has 146 valence electrons. The molecule has 0 aliphatic carbocycles. The van der Waals surface area contributed by atoms with Crippen molar-refractivity contribution in [3.63, 3.8) is 0 Å². The van der Waals surface area contributed by atoms with E-state index in [1.54, 1.807) is 17.1 Å². The first-order valence-corrected chi connectivity index (χ1v) is 11.8. The molecular weight excluding hydrogens is 374 g/mol. The summed E-state index contributed by atoms with van der Waals surface area (Å²) in [5, 5.41) is 9.81. The van der Waals surface area contributed by atoms with Crippen molar-refractivity contribution in [1.82, 2.24) is 16.0 Å². The molecule has 2 unspecified atom stereocenters. The predicted octanol–water partition coefficient (Wildman–Crippen LogP) is 0.0547. The number of thioether (sulfide) groups is 1. The van der Waals surface area contributed by atoms with E-state index in [1.807, 2.05) is 0 Å². The molecule has 1 fully saturated rings. The zero-order valence-electron chi connectivity index (χ0n) is 14.9. The number of amides is 3. The summed E-state index contributed by atoms with van der Waals surface area (Å²) in [6.45, 7) is 0.254. The summed E-state index contributed by atoms with van der Waals surface area (Å²) in [5.41, 5.74) is 0. The van der Waals surface area contributed by atoms with Gasteiger partial charge in [-0.25, -0.2) is 0 Å². The Kier molecular flexibility index (Phi) is 9.17. The Hall–Kier alpha value is -1.35. The van der Waals surface area contributed by atoms with Crippen LogP contribution in [0.15, 0.2) is 0 Å². The lowest BCUT2D eigenvalue weighted by molar-refractivity contribution is -0.129. The number of Topliss-reactive ketones (excluding diaryl/α,β-unsaturated/α-hetero) is 1. The van der Waals surface area contributed by atoms with Gasteiger partial charge < -0.3 is 16.0 Å². The van der Waals surface area contributed by atoms with Crippen molar-refractivity contribution in [1.29, 1.82) is 0 Å². The van der Waals surface area contributed by atoms with Crippen LogP contribution < -0.4 is 16.0 Å². The lowest BCUT2D eigenvalue weighted by Gasteiger charge is -2.18. The third-order valence-electron chi connectivity index (χ3n) is 4.11. The van der Waals surface area contributed by atoms with Gasteiger partial charge in [-0.2, -0.15) is 22.2 Å². The Labute approximate surface area is 160 Å². The van der Waals surface area contributed by atoms with Gasteiger partial charge >= 0.3 is 0 Å². The number of hydrogen-bond acceptors (Lipinski definition) is 5. The third kappa shape index (κ3) is 7.90. The molecule has 1 saturated heterocycles. The summed E-state index contributed by atoms with van der Waals surface area (Å²) in [7, 11) is -0.408. The molecule has 2 heterocycles. The fraction of sp³-hybridized carbons (Fsp3) is 0.706. The van der Waals surface area contributed by atoms with Crippen molar-refractivity contribution in [2.45, 2.75) is 38.1 Å². The molecule has 2 aliphatic heterocycles. The predicted molar refractivity (Wildman–Crippen MR) is 107 cm³/mol. The van der Waals surface area contributed by atoms with Gasteiger partial charge in [0.2, 0.25) is 17.7 Å². The van der Waals surface area contributed by atoms with Crippen LogP contribution in [0.5, 0.6) is 0 Å². The Balaban J connectivity index is 2.21. The molecule has 2 rings (SSSR count). The first kappa shape index (κ1) is 21.0. The van der Waals surface area contributed by atoms with Crippen molar-refractivity contribution >= 4 is 51.1 Å². The summed E-state index contributed by atoms with van der Waals surface area (Å²) < 4.78 is 0. The minimum atomic E-state index is -0.612. The largest absolute Gasteiger partial charge is 0.354 e. The lowest BCUT2D eigenvalue weighted by atomic mass is 10.2. The molecule has 3 amide bonds. The molecule has 0 radical (unpaired) electrons. The van der Waals surface area contributed by atoms with Crippen molar-refractivity contribution in [3.8, 4) is 0 Å². The van der Waals surface area contributed by atoms with Crippen LogP contribution >= 0.6 is 22.2 Å². The maximum absolute atomic E-state index is 12.4. The second-order valence-corrected chi connectivity index (χ2v) is 9.60. The lowest BCUT2D eigenvalue weighted by Crippen LogP contribution is -2.50. The van der Waals surface area contributed by atoms with Gasteiger partial charge in [0, 0.05) is 18.3 Å². The molecule has 0 spiro atoms. The first-order chi connectivity index (χ1) is 12.5. The molecule has 2 aliphatic rings. The van der Waals surface area contributed by atoms with Gasteiger partial charge in [0.05, 0.1) is 12.3 Å². The van der Waals surface area contributed by atoms with Crippen molar-refractivity contribution in [2.24, 2.45) is 0 Å². The van der Waals surface area contributed by atoms with E-state index in [1.165, 1.54) is 0 Å². The Morgan fingerprint density at radius 1 is 1.00 bits per heavy atom. The molecule has 7 nitrogen and oxygen atoms in total. The highest BCUT2D eigenvalue weighted by Gasteiger charge is 2.21. The van der Waals surface area contributed by atoms with Gasteiger partial charge in [0.15, 0.2) is 5.78 Å². The van der Waals surface area contributed by atoms with Gasteiger partial charge in [0.25, 0.3) is 0 Å². The van der Waals surface area contributed by atoms with E-state index in [0.29, 0.717) is 25.8 Å². The molecule has 26 heavy (non-hydrogen) atoms. The van der Waals surface area contributed by atoms with Gasteiger partial charge in [-0.1, -0.05) is 0 Å². The molecule has 0 aromatic heterocycles. The average molecular weight is 402 g/mol. The van der Waals surface area contributed by atoms with Crippen LogP contribution in [0.1, 0.15) is 32.1 Å². The van der Waals surface area contributed by atoms with Gasteiger partial charge in [-0.05, 0) is 42.9 Å². The van der Waals surface area contributed by atoms with E-state index in [4.69, 9.17) is 0 Å². The van der Waals surface area contributed by atoms with E-state index in [0.717, 1.165) is 30.1 Å². The molecule has 2 bridgehead atoms. The maximum atomic E-state index is 12.4. The van der Waals surface area contributed by atoms with Crippen molar-refractivity contribution in [2.75, 3.05) is 36.1 Å². The minimum absolute atomic E-state index is 0.0254. The molecule has 0 saturated carbocycles. The van der Waals surface area contributed by atoms with Crippen LogP contribution in [0.2, 0.25) is 0 Å². The molecule has 3 N–H and O–H groups in total. The minimum Gasteiger partial charge on any atom is -0.354 e. The monoisotopic (exact) mass is 401 g/mol. The van der Waals surface area contributed by atoms with E-state index in [-0.39, 0.29) is 35.8 Å². The van der Waals surface area contributed by atoms with Gasteiger partial charge in [0.1, 0.15) is 6.04 Å². The summed E-state index contributed by atoms with van der Waals surface area (Å²) in [6, 6.07) is -0.612. The van der Waals surface area contributed by atoms with Crippen LogP contribution in [-0.4, -0.2) is 71.0 Å². The second kappa shape index (κ2) is 11.4. The van der Waals surface area contributed by atoms with Crippen LogP contribution in [0, 0.1) is 0 Å². The Morgan fingerprint density at radius 3 is 2.69 bits per heavy atom. The highest BCUT2D eigenvalue weighted by Crippen LogP contribution is 2.17. The molecule has 0 aromatic rings. The topological polar surface area (TPSA) is 104 Å². The molecule has 2 atom stereocenters. The second-order valence-electron chi connectivity index (χ2n) is 6.37. The Bertz CT molecular complexity index is 580. The third-order valence-corrected chi connectivity index (χ3v) is 7.25.